The molecule has 1 aliphatic rings. The van der Waals surface area contributed by atoms with Crippen LogP contribution in [-0.4, -0.2) is 55.0 Å². The Labute approximate surface area is 207 Å². The van der Waals surface area contributed by atoms with Gasteiger partial charge in [-0.2, -0.15) is 0 Å². The van der Waals surface area contributed by atoms with Gasteiger partial charge in [0.1, 0.15) is 5.84 Å². The Bertz CT molecular complexity index is 990. The van der Waals surface area contributed by atoms with Crippen LogP contribution < -0.4 is 21.1 Å². The monoisotopic (exact) mass is 481 g/mol. The van der Waals surface area contributed by atoms with Crippen molar-refractivity contribution in [3.05, 3.63) is 71.4 Å². The van der Waals surface area contributed by atoms with E-state index in [1.54, 1.807) is 24.6 Å². The van der Waals surface area contributed by atoms with Gasteiger partial charge in [0.25, 0.3) is 0 Å². The second kappa shape index (κ2) is 12.5. The van der Waals surface area contributed by atoms with Gasteiger partial charge in [-0.05, 0) is 50.1 Å². The first-order valence-electron chi connectivity index (χ1n) is 11.5. The number of allylic oxidation sites excluding steroid dienone is 2. The minimum absolute atomic E-state index is 0.282. The fraction of sp³-hybridized carbons (Fsp3) is 0.385. The number of thiocarbonyl (C=S) groups is 1. The number of piperidine rings is 1. The van der Waals surface area contributed by atoms with E-state index in [0.717, 1.165) is 43.6 Å². The van der Waals surface area contributed by atoms with Crippen LogP contribution in [0.3, 0.4) is 0 Å². The zero-order valence-electron chi connectivity index (χ0n) is 19.9. The highest BCUT2D eigenvalue weighted by atomic mass is 32.1. The molecule has 8 heteroatoms. The molecule has 0 amide bonds. The lowest BCUT2D eigenvalue weighted by molar-refractivity contribution is 0.163. The highest BCUT2D eigenvalue weighted by molar-refractivity contribution is 7.79. The van der Waals surface area contributed by atoms with Crippen LogP contribution in [0, 0.1) is 11.3 Å². The Morgan fingerprint density at radius 1 is 1.15 bits per heavy atom. The molecule has 3 rings (SSSR count). The summed E-state index contributed by atoms with van der Waals surface area (Å²) in [5, 5.41) is 12.2. The number of amidine groups is 1. The van der Waals surface area contributed by atoms with Gasteiger partial charge in [0.15, 0.2) is 11.5 Å². The van der Waals surface area contributed by atoms with Crippen molar-refractivity contribution >= 4 is 23.4 Å². The van der Waals surface area contributed by atoms with Crippen molar-refractivity contribution in [3.63, 3.8) is 0 Å². The lowest BCUT2D eigenvalue weighted by Gasteiger charge is -2.40. The number of methoxy groups -OCH3 is 2. The third kappa shape index (κ3) is 6.14. The Morgan fingerprint density at radius 3 is 2.47 bits per heavy atom. The van der Waals surface area contributed by atoms with Gasteiger partial charge in [-0.1, -0.05) is 54.7 Å². The van der Waals surface area contributed by atoms with Crippen LogP contribution in [0.2, 0.25) is 0 Å². The van der Waals surface area contributed by atoms with E-state index in [-0.39, 0.29) is 12.0 Å². The van der Waals surface area contributed by atoms with Gasteiger partial charge >= 0.3 is 0 Å². The Kier molecular flexibility index (Phi) is 9.44. The quantitative estimate of drug-likeness (QED) is 0.119. The van der Waals surface area contributed by atoms with Crippen molar-refractivity contribution in [3.8, 4) is 11.5 Å². The molecule has 1 heterocycles. The van der Waals surface area contributed by atoms with Gasteiger partial charge in [-0.25, -0.2) is 5.84 Å². The summed E-state index contributed by atoms with van der Waals surface area (Å²) < 4.78 is 11.3. The number of nitrogens with two attached hydrogens (primary N) is 2. The molecule has 182 valence electrons. The van der Waals surface area contributed by atoms with Crippen LogP contribution in [0.1, 0.15) is 30.0 Å². The molecule has 7 nitrogen and oxygen atoms in total. The van der Waals surface area contributed by atoms with Gasteiger partial charge in [0.2, 0.25) is 0 Å². The summed E-state index contributed by atoms with van der Waals surface area (Å²) in [6, 6.07) is 15.6. The average molecular weight is 482 g/mol. The molecule has 0 bridgehead atoms. The summed E-state index contributed by atoms with van der Waals surface area (Å²) in [6.45, 7) is 2.08. The predicted octanol–water partition coefficient (Wildman–Crippen LogP) is 3.69. The molecular formula is C26H35N5O2S. The van der Waals surface area contributed by atoms with Gasteiger partial charge in [0.05, 0.1) is 20.3 Å². The number of hydrogen-bond donors (Lipinski definition) is 3. The zero-order chi connectivity index (χ0) is 24.5. The van der Waals surface area contributed by atoms with E-state index in [9.17, 15) is 0 Å². The van der Waals surface area contributed by atoms with Crippen molar-refractivity contribution in [1.82, 2.24) is 9.91 Å². The molecule has 2 aromatic carbocycles. The van der Waals surface area contributed by atoms with E-state index in [0.29, 0.717) is 23.9 Å². The first-order valence-corrected chi connectivity index (χ1v) is 12.0. The zero-order valence-corrected chi connectivity index (χ0v) is 20.8. The molecule has 0 saturated carbocycles. The first-order chi connectivity index (χ1) is 16.5. The second-order valence-electron chi connectivity index (χ2n) is 8.41. The van der Waals surface area contributed by atoms with Crippen molar-refractivity contribution < 1.29 is 9.47 Å². The number of nitrogens with one attached hydrogen (secondary N) is 1. The molecule has 2 aromatic rings. The van der Waals surface area contributed by atoms with Crippen LogP contribution in [0.25, 0.3) is 0 Å². The SMILES string of the molecule is COc1cccc(C(C(=N)N(N)CCc2ccccc2)N2CCC(/C(N)=C/C=S)CC2)c1OC. The van der Waals surface area contributed by atoms with Crippen molar-refractivity contribution in [2.24, 2.45) is 17.5 Å². The summed E-state index contributed by atoms with van der Waals surface area (Å²) >= 11 is 4.94. The summed E-state index contributed by atoms with van der Waals surface area (Å²) in [5.74, 6) is 8.31. The molecule has 1 atom stereocenters. The molecule has 1 unspecified atom stereocenters. The lowest BCUT2D eigenvalue weighted by atomic mass is 9.91. The third-order valence-corrected chi connectivity index (χ3v) is 6.54. The fourth-order valence-electron chi connectivity index (χ4n) is 4.52. The largest absolute Gasteiger partial charge is 0.493 e. The highest BCUT2D eigenvalue weighted by Crippen LogP contribution is 2.39. The van der Waals surface area contributed by atoms with Crippen molar-refractivity contribution in [2.75, 3.05) is 33.9 Å². The van der Waals surface area contributed by atoms with E-state index in [2.05, 4.69) is 17.0 Å². The van der Waals surface area contributed by atoms with Crippen LogP contribution in [0.4, 0.5) is 0 Å². The molecule has 1 fully saturated rings. The topological polar surface area (TPSA) is 101 Å². The van der Waals surface area contributed by atoms with Crippen LogP contribution in [0.15, 0.2) is 60.3 Å². The lowest BCUT2D eigenvalue weighted by Crippen LogP contribution is -2.49. The van der Waals surface area contributed by atoms with Gasteiger partial charge in [0, 0.05) is 29.1 Å². The van der Waals surface area contributed by atoms with Gasteiger partial charge in [-0.15, -0.1) is 0 Å². The van der Waals surface area contributed by atoms with Gasteiger partial charge < -0.3 is 15.2 Å². The minimum Gasteiger partial charge on any atom is -0.493 e. The number of ether oxygens (including phenoxy) is 2. The predicted molar refractivity (Wildman–Crippen MR) is 141 cm³/mol. The molecular weight excluding hydrogens is 446 g/mol. The van der Waals surface area contributed by atoms with E-state index < -0.39 is 0 Å². The highest BCUT2D eigenvalue weighted by Gasteiger charge is 2.34. The maximum atomic E-state index is 9.10. The number of likely N-dealkylation sites (tertiary alicyclic amines) is 1. The maximum Gasteiger partial charge on any atom is 0.165 e. The Hall–Kier alpha value is -2.94. The maximum absolute atomic E-state index is 9.10. The number of benzene rings is 2. The van der Waals surface area contributed by atoms with E-state index in [1.165, 1.54) is 5.56 Å². The smallest absolute Gasteiger partial charge is 0.165 e. The molecule has 1 saturated heterocycles. The van der Waals surface area contributed by atoms with E-state index in [1.807, 2.05) is 42.5 Å². The Balaban J connectivity index is 1.86. The summed E-state index contributed by atoms with van der Waals surface area (Å²) in [6.07, 6.45) is 4.33. The average Bonchev–Trinajstić information content (AvgIpc) is 2.88. The Morgan fingerprint density at radius 2 is 1.85 bits per heavy atom. The molecule has 0 aromatic heterocycles. The second-order valence-corrected chi connectivity index (χ2v) is 8.68. The fourth-order valence-corrected chi connectivity index (χ4v) is 4.68. The van der Waals surface area contributed by atoms with Crippen LogP contribution in [-0.2, 0) is 6.42 Å². The molecule has 34 heavy (non-hydrogen) atoms. The van der Waals surface area contributed by atoms with Crippen LogP contribution >= 0.6 is 12.2 Å². The van der Waals surface area contributed by atoms with Gasteiger partial charge in [-0.3, -0.25) is 15.3 Å². The number of hydrazine groups is 1. The summed E-state index contributed by atoms with van der Waals surface area (Å²) in [5.41, 5.74) is 9.09. The molecule has 0 radical (unpaired) electrons. The number of nitrogens with zero attached hydrogens (tertiary/aromatic N) is 2. The third-order valence-electron chi connectivity index (χ3n) is 6.41. The number of hydrogen-bond acceptors (Lipinski definition) is 7. The normalized spacial score (nSPS) is 16.0. The first kappa shape index (κ1) is 25.7. The van der Waals surface area contributed by atoms with Crippen molar-refractivity contribution in [2.45, 2.75) is 25.3 Å². The summed E-state index contributed by atoms with van der Waals surface area (Å²) in [4.78, 5) is 2.28. The van der Waals surface area contributed by atoms with E-state index in [4.69, 9.17) is 38.7 Å². The molecule has 0 aliphatic carbocycles. The standard InChI is InChI=1S/C26H35N5O2S/c1-32-23-10-6-9-21(25(23)33-2)24(30-15-12-20(13-16-30)22(27)14-18-34)26(28)31(29)17-11-19-7-4-3-5-8-19/h3-10,14,18,20,24,28H,11-13,15-17,27,29H2,1-2H3/b22-14-,28-26?. The summed E-state index contributed by atoms with van der Waals surface area (Å²) in [7, 11) is 3.24. The molecule has 5 N–H and O–H groups in total. The molecule has 0 spiro atoms. The van der Waals surface area contributed by atoms with Crippen molar-refractivity contribution in [1.29, 1.82) is 5.41 Å². The number of rotatable bonds is 10. The number of para-hydroxylation sites is 1. The van der Waals surface area contributed by atoms with E-state index >= 15 is 0 Å². The minimum atomic E-state index is -0.373. The van der Waals surface area contributed by atoms with Crippen LogP contribution in [0.5, 0.6) is 11.5 Å². The molecule has 1 aliphatic heterocycles.